The molecule has 3 amide bonds. The molecule has 3 heterocycles. The Bertz CT molecular complexity index is 1070. The second-order valence-corrected chi connectivity index (χ2v) is 10.4. The summed E-state index contributed by atoms with van der Waals surface area (Å²) in [4.78, 5) is 39.9. The number of nitrogens with one attached hydrogen (secondary N) is 2. The molecule has 2 N–H and O–H groups in total. The Kier molecular flexibility index (Phi) is 7.14. The Balaban J connectivity index is 1.49. The van der Waals surface area contributed by atoms with Crippen molar-refractivity contribution in [2.75, 3.05) is 19.6 Å². The Morgan fingerprint density at radius 3 is 2.65 bits per heavy atom. The van der Waals surface area contributed by atoms with Gasteiger partial charge in [0, 0.05) is 48.7 Å². The number of hydrogen-bond donors (Lipinski definition) is 2. The lowest BCUT2D eigenvalue weighted by atomic mass is 10.0. The number of ether oxygens (including phenoxy) is 1. The molecule has 2 aromatic rings. The highest BCUT2D eigenvalue weighted by molar-refractivity contribution is 6.02. The monoisotopic (exact) mass is 468 g/mol. The maximum Gasteiger partial charge on any atom is 0.410 e. The van der Waals surface area contributed by atoms with Gasteiger partial charge in [-0.2, -0.15) is 0 Å². The summed E-state index contributed by atoms with van der Waals surface area (Å²) in [5.41, 5.74) is 1.55. The first kappa shape index (κ1) is 24.1. The number of benzene rings is 1. The molecule has 34 heavy (non-hydrogen) atoms. The minimum Gasteiger partial charge on any atom is -0.444 e. The summed E-state index contributed by atoms with van der Waals surface area (Å²) < 4.78 is 7.53. The predicted molar refractivity (Wildman–Crippen MR) is 131 cm³/mol. The zero-order chi connectivity index (χ0) is 24.3. The first-order chi connectivity index (χ1) is 16.2. The summed E-state index contributed by atoms with van der Waals surface area (Å²) >= 11 is 0. The van der Waals surface area contributed by atoms with Crippen molar-refractivity contribution in [2.24, 2.45) is 0 Å². The second-order valence-electron chi connectivity index (χ2n) is 10.4. The predicted octanol–water partition coefficient (Wildman–Crippen LogP) is 4.07. The zero-order valence-corrected chi connectivity index (χ0v) is 20.5. The normalized spacial score (nSPS) is 19.8. The summed E-state index contributed by atoms with van der Waals surface area (Å²) in [6.45, 7) is 8.05. The highest BCUT2D eigenvalue weighted by Crippen LogP contribution is 2.24. The molecule has 184 valence electrons. The van der Waals surface area contributed by atoms with E-state index in [0.717, 1.165) is 56.0 Å². The number of piperidine rings is 1. The molecule has 1 fully saturated rings. The molecule has 2 aliphatic heterocycles. The number of aryl methyl sites for hydroxylation is 1. The van der Waals surface area contributed by atoms with E-state index in [0.29, 0.717) is 30.9 Å². The highest BCUT2D eigenvalue weighted by atomic mass is 16.6. The largest absolute Gasteiger partial charge is 0.444 e. The van der Waals surface area contributed by atoms with Gasteiger partial charge in [0.05, 0.1) is 0 Å². The first-order valence-corrected chi connectivity index (χ1v) is 12.4. The molecule has 8 nitrogen and oxygen atoms in total. The van der Waals surface area contributed by atoms with Crippen LogP contribution >= 0.6 is 0 Å². The summed E-state index contributed by atoms with van der Waals surface area (Å²) in [5.74, 6) is -0.230. The maximum absolute atomic E-state index is 13.1. The van der Waals surface area contributed by atoms with Gasteiger partial charge >= 0.3 is 6.09 Å². The van der Waals surface area contributed by atoms with Crippen LogP contribution in [0, 0.1) is 0 Å². The first-order valence-electron chi connectivity index (χ1n) is 12.4. The molecule has 0 saturated carbocycles. The van der Waals surface area contributed by atoms with Gasteiger partial charge in [-0.05, 0) is 64.7 Å². The van der Waals surface area contributed by atoms with Crippen LogP contribution in [0.5, 0.6) is 0 Å². The van der Waals surface area contributed by atoms with Crippen molar-refractivity contribution >= 4 is 28.8 Å². The quantitative estimate of drug-likeness (QED) is 0.695. The average molecular weight is 469 g/mol. The van der Waals surface area contributed by atoms with Gasteiger partial charge < -0.3 is 24.8 Å². The van der Waals surface area contributed by atoms with Crippen LogP contribution in [0.25, 0.3) is 10.9 Å². The van der Waals surface area contributed by atoms with E-state index in [9.17, 15) is 14.4 Å². The Labute approximate surface area is 201 Å². The number of amides is 3. The third-order valence-electron chi connectivity index (χ3n) is 6.40. The Morgan fingerprint density at radius 1 is 1.06 bits per heavy atom. The van der Waals surface area contributed by atoms with Crippen molar-refractivity contribution in [3.63, 3.8) is 0 Å². The van der Waals surface area contributed by atoms with Crippen molar-refractivity contribution in [1.82, 2.24) is 20.1 Å². The summed E-state index contributed by atoms with van der Waals surface area (Å²) in [6.07, 6.45) is 5.50. The number of nitrogens with zero attached hydrogens (tertiary/aromatic N) is 2. The summed E-state index contributed by atoms with van der Waals surface area (Å²) in [7, 11) is 0. The van der Waals surface area contributed by atoms with Crippen molar-refractivity contribution < 1.29 is 19.1 Å². The maximum atomic E-state index is 13.1. The number of aromatic nitrogens is 1. The minimum atomic E-state index is -0.550. The zero-order valence-electron chi connectivity index (χ0n) is 20.5. The van der Waals surface area contributed by atoms with Crippen LogP contribution in [-0.4, -0.2) is 58.7 Å². The van der Waals surface area contributed by atoms with E-state index in [-0.39, 0.29) is 23.9 Å². The van der Waals surface area contributed by atoms with E-state index in [1.165, 1.54) is 0 Å². The number of carbonyl (C=O) groups excluding carboxylic acids is 3. The topological polar surface area (TPSA) is 92.7 Å². The standard InChI is InChI=1S/C26H36N4O4/c1-26(2,3)34-25(33)29-13-8-9-20(17-29)28-23(31)19-11-10-18-15-22-24(32)27-12-6-4-5-7-14-30(22)21(18)16-19/h10-11,15-16,20H,4-9,12-14,17H2,1-3H3,(H,27,32)(H,28,31)/t20-/m0/s1. The number of rotatable bonds is 2. The third-order valence-corrected chi connectivity index (χ3v) is 6.40. The smallest absolute Gasteiger partial charge is 0.410 e. The van der Waals surface area contributed by atoms with Gasteiger partial charge in [-0.15, -0.1) is 0 Å². The number of hydrogen-bond acceptors (Lipinski definition) is 4. The molecule has 0 aliphatic carbocycles. The van der Waals surface area contributed by atoms with Gasteiger partial charge in [-0.25, -0.2) is 4.79 Å². The van der Waals surface area contributed by atoms with Crippen molar-refractivity contribution in [1.29, 1.82) is 0 Å². The van der Waals surface area contributed by atoms with Crippen molar-refractivity contribution in [2.45, 2.75) is 77.5 Å². The molecule has 2 aliphatic rings. The van der Waals surface area contributed by atoms with Crippen LogP contribution in [-0.2, 0) is 11.3 Å². The molecule has 1 atom stereocenters. The lowest BCUT2D eigenvalue weighted by Gasteiger charge is -2.34. The van der Waals surface area contributed by atoms with Gasteiger partial charge in [-0.1, -0.05) is 18.9 Å². The lowest BCUT2D eigenvalue weighted by Crippen LogP contribution is -2.50. The molecule has 0 bridgehead atoms. The van der Waals surface area contributed by atoms with Crippen LogP contribution in [0.1, 0.15) is 80.1 Å². The molecule has 0 radical (unpaired) electrons. The second kappa shape index (κ2) is 10.1. The van der Waals surface area contributed by atoms with Crippen LogP contribution < -0.4 is 10.6 Å². The van der Waals surface area contributed by atoms with Crippen molar-refractivity contribution in [3.05, 3.63) is 35.5 Å². The van der Waals surface area contributed by atoms with Crippen molar-refractivity contribution in [3.8, 4) is 0 Å². The van der Waals surface area contributed by atoms with Gasteiger partial charge in [0.1, 0.15) is 11.3 Å². The molecular formula is C26H36N4O4. The van der Waals surface area contributed by atoms with Crippen LogP contribution in [0.4, 0.5) is 4.79 Å². The lowest BCUT2D eigenvalue weighted by molar-refractivity contribution is 0.0185. The molecule has 8 heteroatoms. The van der Waals surface area contributed by atoms with Gasteiger partial charge in [0.15, 0.2) is 0 Å². The average Bonchev–Trinajstić information content (AvgIpc) is 3.15. The number of carbonyl (C=O) groups is 3. The SMILES string of the molecule is CC(C)(C)OC(=O)N1CCC[C@H](NC(=O)c2ccc3cc4n(c3c2)CCCCCCNC4=O)C1. The Morgan fingerprint density at radius 2 is 1.85 bits per heavy atom. The summed E-state index contributed by atoms with van der Waals surface area (Å²) in [6, 6.07) is 7.37. The van der Waals surface area contributed by atoms with Crippen LogP contribution in [0.15, 0.2) is 24.3 Å². The van der Waals surface area contributed by atoms with E-state index in [1.807, 2.05) is 43.5 Å². The van der Waals surface area contributed by atoms with Crippen LogP contribution in [0.3, 0.4) is 0 Å². The molecule has 1 saturated heterocycles. The van der Waals surface area contributed by atoms with Gasteiger partial charge in [-0.3, -0.25) is 9.59 Å². The third kappa shape index (κ3) is 5.72. The molecule has 1 aromatic carbocycles. The van der Waals surface area contributed by atoms with E-state index in [2.05, 4.69) is 10.6 Å². The van der Waals surface area contributed by atoms with E-state index < -0.39 is 5.60 Å². The number of likely N-dealkylation sites (tertiary alicyclic amines) is 1. The molecule has 0 unspecified atom stereocenters. The van der Waals surface area contributed by atoms with E-state index in [1.54, 1.807) is 11.0 Å². The number of fused-ring (bicyclic) bond motifs is 3. The summed E-state index contributed by atoms with van der Waals surface area (Å²) in [5, 5.41) is 7.05. The molecule has 1 aromatic heterocycles. The minimum absolute atomic E-state index is 0.0615. The fraction of sp³-hybridized carbons (Fsp3) is 0.577. The molecule has 0 spiro atoms. The fourth-order valence-electron chi connectivity index (χ4n) is 4.72. The molecule has 4 rings (SSSR count). The fourth-order valence-corrected chi connectivity index (χ4v) is 4.72. The molecular weight excluding hydrogens is 432 g/mol. The Hall–Kier alpha value is -3.03. The van der Waals surface area contributed by atoms with Crippen LogP contribution in [0.2, 0.25) is 0 Å². The van der Waals surface area contributed by atoms with Gasteiger partial charge in [0.25, 0.3) is 11.8 Å². The highest BCUT2D eigenvalue weighted by Gasteiger charge is 2.28. The van der Waals surface area contributed by atoms with E-state index >= 15 is 0 Å². The van der Waals surface area contributed by atoms with E-state index in [4.69, 9.17) is 4.74 Å². The van der Waals surface area contributed by atoms with Gasteiger partial charge in [0.2, 0.25) is 0 Å².